The molecule has 62 valence electrons. The summed E-state index contributed by atoms with van der Waals surface area (Å²) in [6, 6.07) is 6.08. The summed E-state index contributed by atoms with van der Waals surface area (Å²) in [6.07, 6.45) is 0. The Bertz CT molecular complexity index is 412. The van der Waals surface area contributed by atoms with Crippen molar-refractivity contribution in [2.24, 2.45) is 5.84 Å². The van der Waals surface area contributed by atoms with Gasteiger partial charge in [-0.2, -0.15) is 0 Å². The highest BCUT2D eigenvalue weighted by Crippen LogP contribution is 2.28. The van der Waals surface area contributed by atoms with Gasteiger partial charge in [0.2, 0.25) is 0 Å². The summed E-state index contributed by atoms with van der Waals surface area (Å²) in [4.78, 5) is 4.31. The van der Waals surface area contributed by atoms with E-state index in [1.165, 1.54) is 0 Å². The molecule has 2 aromatic rings. The second kappa shape index (κ2) is 3.15. The highest BCUT2D eigenvalue weighted by Gasteiger charge is 2.03. The number of anilines is 1. The molecule has 3 nitrogen and oxygen atoms in total. The summed E-state index contributed by atoms with van der Waals surface area (Å²) in [5.74, 6) is 5.26. The van der Waals surface area contributed by atoms with Crippen molar-refractivity contribution in [1.82, 2.24) is 4.98 Å². The lowest BCUT2D eigenvalue weighted by Gasteiger charge is -1.88. The van der Waals surface area contributed by atoms with Crippen LogP contribution in [0.15, 0.2) is 18.2 Å². The molecule has 12 heavy (non-hydrogen) atoms. The number of halogens is 1. The van der Waals surface area contributed by atoms with Crippen molar-refractivity contribution in [1.29, 1.82) is 0 Å². The van der Waals surface area contributed by atoms with Gasteiger partial charge in [0.15, 0.2) is 5.13 Å². The summed E-state index contributed by atoms with van der Waals surface area (Å²) in [5.41, 5.74) is 3.57. The third kappa shape index (κ3) is 1.27. The molecular formula is C7H6IN3S. The first-order chi connectivity index (χ1) is 5.81. The van der Waals surface area contributed by atoms with Gasteiger partial charge in [-0.1, -0.05) is 17.4 Å². The molecule has 0 saturated heterocycles. The predicted molar refractivity (Wildman–Crippen MR) is 60.1 cm³/mol. The summed E-state index contributed by atoms with van der Waals surface area (Å²) in [5, 5.41) is 0.758. The Hall–Kier alpha value is -0.400. The van der Waals surface area contributed by atoms with Crippen LogP contribution in [0.1, 0.15) is 0 Å². The minimum atomic E-state index is 0.758. The Balaban J connectivity index is 2.74. The van der Waals surface area contributed by atoms with E-state index in [0.29, 0.717) is 0 Å². The zero-order valence-electron chi connectivity index (χ0n) is 6.04. The molecule has 0 bridgehead atoms. The van der Waals surface area contributed by atoms with Gasteiger partial charge in [0.1, 0.15) is 0 Å². The fraction of sp³-hybridized carbons (Fsp3) is 0. The Morgan fingerprint density at radius 3 is 3.00 bits per heavy atom. The summed E-state index contributed by atoms with van der Waals surface area (Å²) < 4.78 is 2.32. The van der Waals surface area contributed by atoms with Crippen LogP contribution in [-0.4, -0.2) is 4.98 Å². The Labute approximate surface area is 87.1 Å². The van der Waals surface area contributed by atoms with Crippen LogP contribution < -0.4 is 11.3 Å². The number of benzene rings is 1. The van der Waals surface area contributed by atoms with Gasteiger partial charge in [-0.25, -0.2) is 10.8 Å². The largest absolute Gasteiger partial charge is 0.300 e. The molecule has 3 N–H and O–H groups in total. The lowest BCUT2D eigenvalue weighted by molar-refractivity contribution is 1.31. The number of hydrogen-bond donors (Lipinski definition) is 2. The third-order valence-electron chi connectivity index (χ3n) is 1.49. The van der Waals surface area contributed by atoms with Crippen LogP contribution in [-0.2, 0) is 0 Å². The topological polar surface area (TPSA) is 50.9 Å². The fourth-order valence-electron chi connectivity index (χ4n) is 0.977. The van der Waals surface area contributed by atoms with E-state index in [9.17, 15) is 0 Å². The number of nitrogens with two attached hydrogens (primary N) is 1. The maximum Gasteiger partial charge on any atom is 0.198 e. The minimum absolute atomic E-state index is 0.758. The number of fused-ring (bicyclic) bond motifs is 1. The van der Waals surface area contributed by atoms with Crippen LogP contribution in [0.25, 0.3) is 10.2 Å². The van der Waals surface area contributed by atoms with E-state index < -0.39 is 0 Å². The molecule has 1 heterocycles. The highest BCUT2D eigenvalue weighted by molar-refractivity contribution is 14.1. The van der Waals surface area contributed by atoms with Crippen molar-refractivity contribution in [3.05, 3.63) is 21.8 Å². The molecule has 0 aliphatic carbocycles. The molecule has 0 atom stereocenters. The predicted octanol–water partition coefficient (Wildman–Crippen LogP) is 2.19. The standard InChI is InChI=1S/C7H6IN3S/c8-4-2-1-3-5-6(4)10-7(11-9)12-5/h1-3H,9H2,(H,10,11). The second-order valence-electron chi connectivity index (χ2n) is 2.25. The Morgan fingerprint density at radius 1 is 1.50 bits per heavy atom. The number of hydrazine groups is 1. The SMILES string of the molecule is NNc1nc2c(I)cccc2s1. The molecule has 0 radical (unpaired) electrons. The number of nitrogen functional groups attached to an aromatic ring is 1. The zero-order valence-corrected chi connectivity index (χ0v) is 9.02. The number of nitrogens with one attached hydrogen (secondary N) is 1. The van der Waals surface area contributed by atoms with Crippen molar-refractivity contribution < 1.29 is 0 Å². The van der Waals surface area contributed by atoms with E-state index in [1.807, 2.05) is 18.2 Å². The van der Waals surface area contributed by atoms with Crippen molar-refractivity contribution in [3.8, 4) is 0 Å². The zero-order chi connectivity index (χ0) is 8.55. The van der Waals surface area contributed by atoms with Gasteiger partial charge >= 0.3 is 0 Å². The lowest BCUT2D eigenvalue weighted by Crippen LogP contribution is -2.05. The number of hydrogen-bond acceptors (Lipinski definition) is 4. The number of para-hydroxylation sites is 1. The number of aromatic nitrogens is 1. The van der Waals surface area contributed by atoms with Crippen LogP contribution in [0.4, 0.5) is 5.13 Å². The lowest BCUT2D eigenvalue weighted by atomic mass is 10.3. The summed E-state index contributed by atoms with van der Waals surface area (Å²) in [6.45, 7) is 0. The first kappa shape index (κ1) is 8.21. The molecular weight excluding hydrogens is 285 g/mol. The summed E-state index contributed by atoms with van der Waals surface area (Å²) in [7, 11) is 0. The summed E-state index contributed by atoms with van der Waals surface area (Å²) >= 11 is 3.82. The average molecular weight is 291 g/mol. The van der Waals surface area contributed by atoms with Gasteiger partial charge in [-0.05, 0) is 34.7 Å². The number of nitrogens with zero attached hydrogens (tertiary/aromatic N) is 1. The maximum absolute atomic E-state index is 5.26. The van der Waals surface area contributed by atoms with Crippen molar-refractivity contribution in [2.75, 3.05) is 5.43 Å². The minimum Gasteiger partial charge on any atom is -0.300 e. The molecule has 0 fully saturated rings. The van der Waals surface area contributed by atoms with Crippen LogP contribution in [0.2, 0.25) is 0 Å². The number of rotatable bonds is 1. The first-order valence-corrected chi connectivity index (χ1v) is 5.22. The first-order valence-electron chi connectivity index (χ1n) is 3.33. The van der Waals surface area contributed by atoms with Gasteiger partial charge in [-0.15, -0.1) is 0 Å². The van der Waals surface area contributed by atoms with Gasteiger partial charge < -0.3 is 0 Å². The van der Waals surface area contributed by atoms with E-state index in [2.05, 4.69) is 33.0 Å². The Kier molecular flexibility index (Phi) is 2.16. The van der Waals surface area contributed by atoms with Crippen LogP contribution in [0, 0.1) is 3.57 Å². The quantitative estimate of drug-likeness (QED) is 0.481. The van der Waals surface area contributed by atoms with Crippen LogP contribution in [0.3, 0.4) is 0 Å². The molecule has 2 rings (SSSR count). The molecule has 0 saturated carbocycles. The second-order valence-corrected chi connectivity index (χ2v) is 4.44. The van der Waals surface area contributed by atoms with Gasteiger partial charge in [0.25, 0.3) is 0 Å². The number of thiazole rings is 1. The van der Waals surface area contributed by atoms with Gasteiger partial charge in [0.05, 0.1) is 10.2 Å². The average Bonchev–Trinajstić information content (AvgIpc) is 2.49. The van der Waals surface area contributed by atoms with Crippen molar-refractivity contribution in [3.63, 3.8) is 0 Å². The molecule has 5 heteroatoms. The smallest absolute Gasteiger partial charge is 0.198 e. The van der Waals surface area contributed by atoms with Crippen molar-refractivity contribution >= 4 is 49.3 Å². The van der Waals surface area contributed by atoms with Gasteiger partial charge in [-0.3, -0.25) is 5.43 Å². The molecule has 0 aliphatic rings. The normalized spacial score (nSPS) is 10.5. The van der Waals surface area contributed by atoms with Gasteiger partial charge in [0, 0.05) is 3.57 Å². The monoisotopic (exact) mass is 291 g/mol. The molecule has 1 aromatic heterocycles. The highest BCUT2D eigenvalue weighted by atomic mass is 127. The third-order valence-corrected chi connectivity index (χ3v) is 3.32. The van der Waals surface area contributed by atoms with E-state index in [4.69, 9.17) is 5.84 Å². The van der Waals surface area contributed by atoms with Crippen molar-refractivity contribution in [2.45, 2.75) is 0 Å². The van der Waals surface area contributed by atoms with E-state index in [-0.39, 0.29) is 0 Å². The van der Waals surface area contributed by atoms with Crippen LogP contribution in [0.5, 0.6) is 0 Å². The molecule has 0 amide bonds. The molecule has 1 aromatic carbocycles. The molecule has 0 spiro atoms. The van der Waals surface area contributed by atoms with E-state index in [1.54, 1.807) is 11.3 Å². The maximum atomic E-state index is 5.26. The molecule has 0 aliphatic heterocycles. The van der Waals surface area contributed by atoms with E-state index >= 15 is 0 Å². The fourth-order valence-corrected chi connectivity index (χ4v) is 2.58. The van der Waals surface area contributed by atoms with E-state index in [0.717, 1.165) is 18.9 Å². The molecule has 0 unspecified atom stereocenters. The van der Waals surface area contributed by atoms with Crippen LogP contribution >= 0.6 is 33.9 Å². The Morgan fingerprint density at radius 2 is 2.33 bits per heavy atom.